The van der Waals surface area contributed by atoms with Crippen LogP contribution in [0, 0.1) is 0 Å². The predicted molar refractivity (Wildman–Crippen MR) is 314 cm³/mol. The second-order valence-electron chi connectivity index (χ2n) is 20.7. The Hall–Kier alpha value is -9.64. The topological polar surface area (TPSA) is 36.0 Å². The number of para-hydroxylation sites is 2. The van der Waals surface area contributed by atoms with Crippen LogP contribution in [0.1, 0.15) is 44.5 Å². The fourth-order valence-corrected chi connectivity index (χ4v) is 14.0. The van der Waals surface area contributed by atoms with E-state index in [4.69, 9.17) is 5.32 Å². The van der Waals surface area contributed by atoms with Crippen molar-refractivity contribution in [3.05, 3.63) is 328 Å². The first-order valence-corrected chi connectivity index (χ1v) is 26.5. The largest absolute Gasteiger partial charge is 0.687 e. The number of benzene rings is 10. The maximum atomic E-state index is 4.84. The van der Waals surface area contributed by atoms with E-state index in [9.17, 15) is 0 Å². The lowest BCUT2D eigenvalue weighted by Crippen LogP contribution is -2.30. The van der Waals surface area contributed by atoms with Crippen molar-refractivity contribution in [2.75, 3.05) is 13.1 Å². The fraction of sp³-hybridized carbons (Fsp3) is 0.0556. The summed E-state index contributed by atoms with van der Waals surface area (Å²) in [5, 5.41) is 13.4. The number of aromatic nitrogens is 2. The van der Waals surface area contributed by atoms with Crippen LogP contribution in [0.5, 0.6) is 0 Å². The molecule has 10 aromatic carbocycles. The van der Waals surface area contributed by atoms with Gasteiger partial charge < -0.3 is 19.8 Å². The van der Waals surface area contributed by atoms with Crippen molar-refractivity contribution < 1.29 is 0 Å². The molecule has 0 amide bonds. The van der Waals surface area contributed by atoms with Crippen LogP contribution in [-0.2, 0) is 10.8 Å². The van der Waals surface area contributed by atoms with Crippen molar-refractivity contribution in [3.8, 4) is 22.5 Å². The van der Waals surface area contributed by atoms with E-state index in [0.29, 0.717) is 6.54 Å². The Morgan fingerprint density at radius 1 is 0.408 bits per heavy atom. The summed E-state index contributed by atoms with van der Waals surface area (Å²) in [4.78, 5) is 0. The van der Waals surface area contributed by atoms with Crippen LogP contribution in [0.15, 0.2) is 278 Å². The summed E-state index contributed by atoms with van der Waals surface area (Å²) >= 11 is 0. The summed E-state index contributed by atoms with van der Waals surface area (Å²) in [6.07, 6.45) is 8.92. The van der Waals surface area contributed by atoms with Gasteiger partial charge in [0, 0.05) is 39.5 Å². The van der Waals surface area contributed by atoms with Crippen molar-refractivity contribution in [2.45, 2.75) is 10.8 Å². The Kier molecular flexibility index (Phi) is 9.26. The summed E-state index contributed by atoms with van der Waals surface area (Å²) < 4.78 is 4.94. The number of allylic oxidation sites excluding steroid dienone is 4. The minimum Gasteiger partial charge on any atom is -0.687 e. The molecule has 0 fully saturated rings. The van der Waals surface area contributed by atoms with E-state index >= 15 is 0 Å². The Balaban J connectivity index is 0.823. The van der Waals surface area contributed by atoms with Gasteiger partial charge in [-0.3, -0.25) is 0 Å². The molecule has 4 aliphatic rings. The molecule has 0 saturated carbocycles. The zero-order chi connectivity index (χ0) is 50.0. The van der Waals surface area contributed by atoms with Crippen LogP contribution in [0.3, 0.4) is 0 Å². The molecule has 0 bridgehead atoms. The van der Waals surface area contributed by atoms with Crippen LogP contribution in [0.4, 0.5) is 0 Å². The number of hydrogen-bond acceptors (Lipinski definition) is 1. The third-order valence-corrected chi connectivity index (χ3v) is 17.1. The molecular formula is C72H49N4-. The molecule has 2 aromatic heterocycles. The monoisotopic (exact) mass is 969 g/mol. The second kappa shape index (κ2) is 16.4. The summed E-state index contributed by atoms with van der Waals surface area (Å²) in [5.41, 5.74) is 23.9. The van der Waals surface area contributed by atoms with Gasteiger partial charge in [-0.05, 0) is 151 Å². The van der Waals surface area contributed by atoms with E-state index in [1.165, 1.54) is 122 Å². The zero-order valence-electron chi connectivity index (χ0n) is 41.7. The van der Waals surface area contributed by atoms with E-state index in [1.807, 2.05) is 0 Å². The molecule has 0 spiro atoms. The quantitative estimate of drug-likeness (QED) is 0.170. The van der Waals surface area contributed by atoms with E-state index in [1.54, 1.807) is 0 Å². The molecule has 358 valence electrons. The van der Waals surface area contributed by atoms with Gasteiger partial charge in [0.2, 0.25) is 0 Å². The number of dihydropyridines is 1. The minimum absolute atomic E-state index is 0.476. The standard InChI is InChI=1S/C72H49N4/c1-5-17-49(18-6-1)71(50-19-7-2-8-20-50)63-37-39-73-45-61(63)57-41-59-55-25-13-15-27-67(55)75(69(59)43-65(57)71)53-33-29-47(30-34-53)48-31-35-54(36-32-48)76-68-28-16-14-26-56(68)60-42-58-62-46-74-40-38-64(62)72(66(58)44-70(60)76,51-21-9-3-10-22-51)52-23-11-4-12-24-52/h1-39,41-44,46,73H,40,45H2/q-1. The molecule has 4 nitrogen and oxygen atoms in total. The van der Waals surface area contributed by atoms with Gasteiger partial charge in [-0.2, -0.15) is 6.20 Å². The molecule has 0 atom stereocenters. The second-order valence-corrected chi connectivity index (χ2v) is 20.7. The van der Waals surface area contributed by atoms with Gasteiger partial charge in [0.15, 0.2) is 0 Å². The maximum Gasteiger partial charge on any atom is 0.0712 e. The van der Waals surface area contributed by atoms with E-state index in [-0.39, 0.29) is 0 Å². The molecule has 16 rings (SSSR count). The van der Waals surface area contributed by atoms with Gasteiger partial charge in [-0.25, -0.2) is 0 Å². The third-order valence-electron chi connectivity index (χ3n) is 17.1. The summed E-state index contributed by atoms with van der Waals surface area (Å²) in [5.74, 6) is 0. The lowest BCUT2D eigenvalue weighted by molar-refractivity contribution is 0.756. The number of fused-ring (bicyclic) bond motifs is 11. The zero-order valence-corrected chi connectivity index (χ0v) is 41.7. The van der Waals surface area contributed by atoms with Crippen molar-refractivity contribution in [2.24, 2.45) is 0 Å². The molecule has 0 unspecified atom stereocenters. The molecule has 2 aliphatic heterocycles. The highest BCUT2D eigenvalue weighted by atomic mass is 15.0. The number of nitrogens with one attached hydrogen (secondary N) is 1. The molecule has 4 heterocycles. The lowest BCUT2D eigenvalue weighted by atomic mass is 9.66. The Labute approximate surface area is 441 Å². The first-order chi connectivity index (χ1) is 37.7. The molecule has 2 aliphatic carbocycles. The third kappa shape index (κ3) is 5.84. The molecule has 0 saturated heterocycles. The average Bonchev–Trinajstić information content (AvgIpc) is 4.32. The van der Waals surface area contributed by atoms with E-state index in [2.05, 4.69) is 282 Å². The van der Waals surface area contributed by atoms with Gasteiger partial charge in [0.05, 0.1) is 32.9 Å². The number of rotatable bonds is 7. The van der Waals surface area contributed by atoms with Gasteiger partial charge in [0.1, 0.15) is 0 Å². The predicted octanol–water partition coefficient (Wildman–Crippen LogP) is 16.8. The maximum absolute atomic E-state index is 4.84. The van der Waals surface area contributed by atoms with Crippen LogP contribution in [-0.4, -0.2) is 22.2 Å². The van der Waals surface area contributed by atoms with Crippen LogP contribution in [0.2, 0.25) is 0 Å². The smallest absolute Gasteiger partial charge is 0.0712 e. The fourth-order valence-electron chi connectivity index (χ4n) is 14.0. The highest BCUT2D eigenvalue weighted by Gasteiger charge is 2.49. The Morgan fingerprint density at radius 2 is 0.855 bits per heavy atom. The van der Waals surface area contributed by atoms with Gasteiger partial charge in [-0.1, -0.05) is 188 Å². The highest BCUT2D eigenvalue weighted by molar-refractivity contribution is 6.13. The minimum atomic E-state index is -0.495. The summed E-state index contributed by atoms with van der Waals surface area (Å²) in [7, 11) is 0. The molecular weight excluding hydrogens is 921 g/mol. The average molecular weight is 970 g/mol. The van der Waals surface area contributed by atoms with Crippen LogP contribution >= 0.6 is 0 Å². The lowest BCUT2D eigenvalue weighted by Gasteiger charge is -2.36. The van der Waals surface area contributed by atoms with Crippen molar-refractivity contribution in [3.63, 3.8) is 0 Å². The number of hydrogen-bond donors (Lipinski definition) is 1. The molecule has 1 N–H and O–H groups in total. The van der Waals surface area contributed by atoms with Gasteiger partial charge >= 0.3 is 0 Å². The van der Waals surface area contributed by atoms with E-state index in [0.717, 1.165) is 17.9 Å². The summed E-state index contributed by atoms with van der Waals surface area (Å²) in [6.45, 7) is 1.45. The molecule has 76 heavy (non-hydrogen) atoms. The van der Waals surface area contributed by atoms with Crippen molar-refractivity contribution in [1.29, 1.82) is 0 Å². The van der Waals surface area contributed by atoms with Crippen LogP contribution in [0.25, 0.3) is 82.6 Å². The van der Waals surface area contributed by atoms with Gasteiger partial charge in [-0.15, -0.1) is 6.54 Å². The first-order valence-electron chi connectivity index (χ1n) is 26.5. The molecule has 4 heteroatoms. The Bertz CT molecular complexity index is 4380. The van der Waals surface area contributed by atoms with Crippen LogP contribution < -0.4 is 5.32 Å². The summed E-state index contributed by atoms with van der Waals surface area (Å²) in [6, 6.07) is 90.4. The van der Waals surface area contributed by atoms with E-state index < -0.39 is 10.8 Å². The van der Waals surface area contributed by atoms with Gasteiger partial charge in [0.25, 0.3) is 0 Å². The number of nitrogens with zero attached hydrogens (tertiary/aromatic N) is 3. The SMILES string of the molecule is C1=CC2=C(CN1)c1cc3c4ccccc4n(-c4ccc(-c5ccc(-n6c7ccccc7c7cc8c(cc76)C(c6ccccc6)(c6ccccc6)C6=CC[N-]C=C68)cc5)cc4)c3cc1C2(c1ccccc1)c1ccccc1. The highest BCUT2D eigenvalue weighted by Crippen LogP contribution is 2.60. The van der Waals surface area contributed by atoms with Crippen molar-refractivity contribution >= 4 is 54.8 Å². The Morgan fingerprint density at radius 3 is 1.37 bits per heavy atom. The molecule has 0 radical (unpaired) electrons. The molecule has 12 aromatic rings. The first kappa shape index (κ1) is 42.8. The normalized spacial score (nSPS) is 15.7. The van der Waals surface area contributed by atoms with Crippen molar-refractivity contribution in [1.82, 2.24) is 14.5 Å².